The molecule has 6 rings (SSSR count). The number of hydrogen-bond acceptors (Lipinski definition) is 6. The third kappa shape index (κ3) is 11.1. The molecule has 10 heteroatoms. The Labute approximate surface area is 316 Å². The minimum Gasteiger partial charge on any atom is -0.493 e. The Kier molecular flexibility index (Phi) is 13.6. The SMILES string of the molecule is Cc1cc(CN2CCN(C(=O)C=Cc3cc(C)c(Oc4ccc(OCc5ccc(F)cc5)cn4)c(C)c3)CC2)ccc1CCOc1ccc(F)cc1.Cl. The zero-order valence-corrected chi connectivity index (χ0v) is 31.0. The van der Waals surface area contributed by atoms with E-state index in [-0.39, 0.29) is 29.9 Å². The van der Waals surface area contributed by atoms with Gasteiger partial charge in [0.2, 0.25) is 11.8 Å². The average Bonchev–Trinajstić information content (AvgIpc) is 3.14. The van der Waals surface area contributed by atoms with Crippen LogP contribution in [0.5, 0.6) is 23.1 Å². The standard InChI is InChI=1S/C43H43F2N3O4.ClH/c1-30-24-35(4-8-36(30)18-23-50-39-13-11-38(45)12-14-39)28-47-19-21-48(22-20-47)42(49)17-7-34-25-31(2)43(32(3)26-34)52-41-16-15-40(27-46-41)51-29-33-5-9-37(44)10-6-33;/h4-17,24-27H,18-23,28-29H2,1-3H3;1H. The molecule has 0 spiro atoms. The molecule has 2 heterocycles. The maximum atomic E-state index is 13.1. The van der Waals surface area contributed by atoms with E-state index in [0.717, 1.165) is 48.3 Å². The van der Waals surface area contributed by atoms with Crippen molar-refractivity contribution in [2.45, 2.75) is 40.3 Å². The second-order valence-electron chi connectivity index (χ2n) is 13.1. The lowest BCUT2D eigenvalue weighted by Crippen LogP contribution is -2.47. The lowest BCUT2D eigenvalue weighted by molar-refractivity contribution is -0.127. The summed E-state index contributed by atoms with van der Waals surface area (Å²) in [6.45, 7) is 10.7. The predicted molar refractivity (Wildman–Crippen MR) is 206 cm³/mol. The van der Waals surface area contributed by atoms with Crippen molar-refractivity contribution in [1.29, 1.82) is 0 Å². The number of piperazine rings is 1. The van der Waals surface area contributed by atoms with Crippen LogP contribution >= 0.6 is 12.4 Å². The fourth-order valence-electron chi connectivity index (χ4n) is 6.21. The summed E-state index contributed by atoms with van der Waals surface area (Å²) in [5, 5.41) is 0. The molecular formula is C43H44ClF2N3O4. The smallest absolute Gasteiger partial charge is 0.246 e. The first kappa shape index (κ1) is 39.0. The van der Waals surface area contributed by atoms with Crippen LogP contribution in [0.15, 0.2) is 103 Å². The van der Waals surface area contributed by atoms with Crippen LogP contribution in [-0.4, -0.2) is 53.5 Å². The van der Waals surface area contributed by atoms with E-state index in [0.29, 0.717) is 49.4 Å². The Balaban J connectivity index is 0.00000541. The van der Waals surface area contributed by atoms with Gasteiger partial charge in [0, 0.05) is 51.3 Å². The number of aryl methyl sites for hydroxylation is 3. The highest BCUT2D eigenvalue weighted by atomic mass is 35.5. The molecule has 1 aliphatic rings. The predicted octanol–water partition coefficient (Wildman–Crippen LogP) is 9.06. The summed E-state index contributed by atoms with van der Waals surface area (Å²) in [5.74, 6) is 1.86. The molecule has 0 saturated carbocycles. The molecule has 1 aliphatic heterocycles. The number of benzene rings is 4. The lowest BCUT2D eigenvalue weighted by Gasteiger charge is -2.34. The minimum atomic E-state index is -0.282. The van der Waals surface area contributed by atoms with Gasteiger partial charge in [-0.25, -0.2) is 13.8 Å². The third-order valence-corrected chi connectivity index (χ3v) is 9.09. The molecule has 0 aliphatic carbocycles. The Hall–Kier alpha value is -5.25. The van der Waals surface area contributed by atoms with Gasteiger partial charge in [-0.15, -0.1) is 12.4 Å². The molecule has 1 fully saturated rings. The largest absolute Gasteiger partial charge is 0.493 e. The molecule has 0 radical (unpaired) electrons. The number of rotatable bonds is 13. The maximum absolute atomic E-state index is 13.1. The zero-order valence-electron chi connectivity index (χ0n) is 30.2. The summed E-state index contributed by atoms with van der Waals surface area (Å²) in [6.07, 6.45) is 5.89. The summed E-state index contributed by atoms with van der Waals surface area (Å²) in [5.41, 5.74) is 7.35. The van der Waals surface area contributed by atoms with Gasteiger partial charge in [-0.05, 0) is 120 Å². The quantitative estimate of drug-likeness (QED) is 0.112. The normalized spacial score (nSPS) is 13.1. The first-order chi connectivity index (χ1) is 25.2. The maximum Gasteiger partial charge on any atom is 0.246 e. The summed E-state index contributed by atoms with van der Waals surface area (Å²) in [7, 11) is 0. The van der Waals surface area contributed by atoms with Crippen LogP contribution in [0.2, 0.25) is 0 Å². The summed E-state index contributed by atoms with van der Waals surface area (Å²) in [4.78, 5) is 21.8. The Morgan fingerprint density at radius 1 is 0.755 bits per heavy atom. The van der Waals surface area contributed by atoms with Gasteiger partial charge < -0.3 is 19.1 Å². The Morgan fingerprint density at radius 2 is 1.40 bits per heavy atom. The van der Waals surface area contributed by atoms with Gasteiger partial charge in [0.15, 0.2) is 0 Å². The van der Waals surface area contributed by atoms with E-state index in [9.17, 15) is 13.6 Å². The van der Waals surface area contributed by atoms with Crippen molar-refractivity contribution >= 4 is 24.4 Å². The summed E-state index contributed by atoms with van der Waals surface area (Å²) in [6, 6.07) is 26.4. The number of pyridine rings is 1. The summed E-state index contributed by atoms with van der Waals surface area (Å²) >= 11 is 0. The number of amides is 1. The van der Waals surface area contributed by atoms with Gasteiger partial charge >= 0.3 is 0 Å². The van der Waals surface area contributed by atoms with Crippen molar-refractivity contribution in [2.24, 2.45) is 0 Å². The first-order valence-corrected chi connectivity index (χ1v) is 17.5. The number of ether oxygens (including phenoxy) is 3. The van der Waals surface area contributed by atoms with Gasteiger partial charge in [-0.1, -0.05) is 30.3 Å². The van der Waals surface area contributed by atoms with Gasteiger partial charge in [0.25, 0.3) is 0 Å². The fraction of sp³-hybridized carbons (Fsp3) is 0.256. The highest BCUT2D eigenvalue weighted by Crippen LogP contribution is 2.30. The molecular weight excluding hydrogens is 696 g/mol. The molecule has 276 valence electrons. The van der Waals surface area contributed by atoms with E-state index in [2.05, 4.69) is 35.0 Å². The van der Waals surface area contributed by atoms with Crippen LogP contribution in [0.4, 0.5) is 8.78 Å². The van der Waals surface area contributed by atoms with E-state index in [4.69, 9.17) is 14.2 Å². The van der Waals surface area contributed by atoms with E-state index < -0.39 is 0 Å². The highest BCUT2D eigenvalue weighted by molar-refractivity contribution is 5.92. The van der Waals surface area contributed by atoms with E-state index in [1.54, 1.807) is 48.7 Å². The first-order valence-electron chi connectivity index (χ1n) is 17.5. The molecule has 4 aromatic carbocycles. The second kappa shape index (κ2) is 18.5. The number of nitrogens with zero attached hydrogens (tertiary/aromatic N) is 3. The van der Waals surface area contributed by atoms with Crippen molar-refractivity contribution in [3.8, 4) is 23.1 Å². The van der Waals surface area contributed by atoms with Crippen molar-refractivity contribution in [1.82, 2.24) is 14.8 Å². The molecule has 0 unspecified atom stereocenters. The monoisotopic (exact) mass is 739 g/mol. The second-order valence-corrected chi connectivity index (χ2v) is 13.1. The van der Waals surface area contributed by atoms with Crippen LogP contribution in [0.1, 0.15) is 38.9 Å². The number of hydrogen-bond donors (Lipinski definition) is 0. The molecule has 1 amide bonds. The third-order valence-electron chi connectivity index (χ3n) is 9.09. The Morgan fingerprint density at radius 3 is 2.04 bits per heavy atom. The minimum absolute atomic E-state index is 0. The molecule has 1 aromatic heterocycles. The molecule has 0 N–H and O–H groups in total. The summed E-state index contributed by atoms with van der Waals surface area (Å²) < 4.78 is 43.9. The number of aromatic nitrogens is 1. The number of carbonyl (C=O) groups excluding carboxylic acids is 1. The average molecular weight is 740 g/mol. The zero-order chi connectivity index (χ0) is 36.5. The van der Waals surface area contributed by atoms with Crippen molar-refractivity contribution in [3.05, 3.63) is 154 Å². The number of halogens is 3. The molecule has 1 saturated heterocycles. The topological polar surface area (TPSA) is 64.1 Å². The van der Waals surface area contributed by atoms with Crippen LogP contribution in [0.25, 0.3) is 6.08 Å². The van der Waals surface area contributed by atoms with Crippen molar-refractivity contribution in [2.75, 3.05) is 32.8 Å². The van der Waals surface area contributed by atoms with E-state index in [1.807, 2.05) is 37.0 Å². The molecule has 7 nitrogen and oxygen atoms in total. The van der Waals surface area contributed by atoms with Crippen LogP contribution in [0, 0.1) is 32.4 Å². The van der Waals surface area contributed by atoms with E-state index >= 15 is 0 Å². The molecule has 53 heavy (non-hydrogen) atoms. The Bertz CT molecular complexity index is 1970. The van der Waals surface area contributed by atoms with Crippen LogP contribution in [-0.2, 0) is 24.4 Å². The highest BCUT2D eigenvalue weighted by Gasteiger charge is 2.20. The van der Waals surface area contributed by atoms with Gasteiger partial charge in [-0.3, -0.25) is 9.69 Å². The lowest BCUT2D eigenvalue weighted by atomic mass is 10.0. The molecule has 0 atom stereocenters. The fourth-order valence-corrected chi connectivity index (χ4v) is 6.21. The van der Waals surface area contributed by atoms with Crippen molar-refractivity contribution < 1.29 is 27.8 Å². The van der Waals surface area contributed by atoms with Crippen LogP contribution < -0.4 is 14.2 Å². The van der Waals surface area contributed by atoms with Gasteiger partial charge in [0.1, 0.15) is 35.5 Å². The van der Waals surface area contributed by atoms with Gasteiger partial charge in [-0.2, -0.15) is 0 Å². The van der Waals surface area contributed by atoms with Crippen molar-refractivity contribution in [3.63, 3.8) is 0 Å². The van der Waals surface area contributed by atoms with Crippen LogP contribution in [0.3, 0.4) is 0 Å². The molecule has 5 aromatic rings. The molecule has 0 bridgehead atoms. The van der Waals surface area contributed by atoms with E-state index in [1.165, 1.54) is 41.0 Å². The number of carbonyl (C=O) groups is 1. The van der Waals surface area contributed by atoms with Gasteiger partial charge in [0.05, 0.1) is 12.8 Å².